The molecule has 0 fully saturated rings. The number of rotatable bonds is 3. The lowest BCUT2D eigenvalue weighted by Crippen LogP contribution is -2.28. The number of alkyl halides is 3. The molecule has 0 bridgehead atoms. The minimum atomic E-state index is -4.28. The standard InChI is InChI=1S/C13H15F3N2/c1-9-2-3-10-5-7-18(11(10)8-9)12(4-6-17)13(14,15)16/h2-3,5,7-8,12H,4,6,17H2,1H3. The highest BCUT2D eigenvalue weighted by atomic mass is 19.4. The van der Waals surface area contributed by atoms with Crippen molar-refractivity contribution in [2.24, 2.45) is 5.73 Å². The smallest absolute Gasteiger partial charge is 0.335 e. The highest BCUT2D eigenvalue weighted by Crippen LogP contribution is 2.35. The molecule has 0 radical (unpaired) electrons. The number of nitrogens with two attached hydrogens (primary N) is 1. The summed E-state index contributed by atoms with van der Waals surface area (Å²) in [5, 5.41) is 0.812. The Morgan fingerprint density at radius 1 is 1.28 bits per heavy atom. The van der Waals surface area contributed by atoms with E-state index in [-0.39, 0.29) is 13.0 Å². The molecule has 0 amide bonds. The van der Waals surface area contributed by atoms with Crippen molar-refractivity contribution in [3.05, 3.63) is 36.0 Å². The highest BCUT2D eigenvalue weighted by Gasteiger charge is 2.40. The lowest BCUT2D eigenvalue weighted by molar-refractivity contribution is -0.167. The fourth-order valence-electron chi connectivity index (χ4n) is 2.15. The molecule has 1 aromatic carbocycles. The summed E-state index contributed by atoms with van der Waals surface area (Å²) >= 11 is 0. The summed E-state index contributed by atoms with van der Waals surface area (Å²) in [6.07, 6.45) is -2.91. The van der Waals surface area contributed by atoms with Crippen molar-refractivity contribution in [2.75, 3.05) is 6.54 Å². The van der Waals surface area contributed by atoms with E-state index in [0.717, 1.165) is 10.9 Å². The van der Waals surface area contributed by atoms with Crippen LogP contribution in [0.4, 0.5) is 13.2 Å². The predicted octanol–water partition coefficient (Wildman–Crippen LogP) is 3.40. The van der Waals surface area contributed by atoms with Crippen LogP contribution in [0.3, 0.4) is 0 Å². The van der Waals surface area contributed by atoms with Crippen LogP contribution in [0, 0.1) is 6.92 Å². The van der Waals surface area contributed by atoms with Gasteiger partial charge in [-0.1, -0.05) is 12.1 Å². The van der Waals surface area contributed by atoms with Gasteiger partial charge in [0.2, 0.25) is 0 Å². The van der Waals surface area contributed by atoms with Gasteiger partial charge in [-0.25, -0.2) is 0 Å². The normalized spacial score (nSPS) is 14.1. The van der Waals surface area contributed by atoms with Gasteiger partial charge in [0.05, 0.1) is 0 Å². The fourth-order valence-corrected chi connectivity index (χ4v) is 2.15. The number of benzene rings is 1. The Bertz CT molecular complexity index is 543. The first-order valence-electron chi connectivity index (χ1n) is 5.77. The molecule has 5 heteroatoms. The quantitative estimate of drug-likeness (QED) is 0.896. The molecule has 1 atom stereocenters. The van der Waals surface area contributed by atoms with Crippen molar-refractivity contribution in [3.63, 3.8) is 0 Å². The molecule has 1 unspecified atom stereocenters. The zero-order valence-corrected chi connectivity index (χ0v) is 10.0. The molecule has 0 aliphatic rings. The average Bonchev–Trinajstić information content (AvgIpc) is 2.67. The Kier molecular flexibility index (Phi) is 3.34. The van der Waals surface area contributed by atoms with Crippen molar-refractivity contribution < 1.29 is 13.2 Å². The van der Waals surface area contributed by atoms with E-state index in [9.17, 15) is 13.2 Å². The summed E-state index contributed by atoms with van der Waals surface area (Å²) in [4.78, 5) is 0. The SMILES string of the molecule is Cc1ccc2ccn(C(CCN)C(F)(F)F)c2c1. The molecule has 2 aromatic rings. The van der Waals surface area contributed by atoms with Crippen LogP contribution in [0.15, 0.2) is 30.5 Å². The van der Waals surface area contributed by atoms with E-state index in [1.54, 1.807) is 12.1 Å². The summed E-state index contributed by atoms with van der Waals surface area (Å²) in [6.45, 7) is 1.87. The van der Waals surface area contributed by atoms with Crippen LogP contribution >= 0.6 is 0 Å². The summed E-state index contributed by atoms with van der Waals surface area (Å²) in [5.41, 5.74) is 6.84. The summed E-state index contributed by atoms with van der Waals surface area (Å²) in [5.74, 6) is 0. The van der Waals surface area contributed by atoms with Gasteiger partial charge in [-0.15, -0.1) is 0 Å². The highest BCUT2D eigenvalue weighted by molar-refractivity contribution is 5.81. The number of hydrogen-bond acceptors (Lipinski definition) is 1. The minimum Gasteiger partial charge on any atom is -0.335 e. The van der Waals surface area contributed by atoms with E-state index < -0.39 is 12.2 Å². The lowest BCUT2D eigenvalue weighted by Gasteiger charge is -2.22. The van der Waals surface area contributed by atoms with E-state index in [0.29, 0.717) is 5.52 Å². The van der Waals surface area contributed by atoms with E-state index in [4.69, 9.17) is 5.73 Å². The Hall–Kier alpha value is -1.49. The van der Waals surface area contributed by atoms with Gasteiger partial charge in [0.1, 0.15) is 6.04 Å². The second kappa shape index (κ2) is 4.65. The van der Waals surface area contributed by atoms with Gasteiger partial charge < -0.3 is 10.3 Å². The van der Waals surface area contributed by atoms with Gasteiger partial charge in [-0.3, -0.25) is 0 Å². The molecule has 0 aliphatic heterocycles. The van der Waals surface area contributed by atoms with Crippen LogP contribution in [0.1, 0.15) is 18.0 Å². The molecule has 18 heavy (non-hydrogen) atoms. The summed E-state index contributed by atoms with van der Waals surface area (Å²) in [7, 11) is 0. The first-order chi connectivity index (χ1) is 8.43. The maximum atomic E-state index is 13.0. The second-order valence-corrected chi connectivity index (χ2v) is 4.42. The molecule has 2 nitrogen and oxygen atoms in total. The maximum absolute atomic E-state index is 13.0. The third-order valence-corrected chi connectivity index (χ3v) is 3.03. The van der Waals surface area contributed by atoms with E-state index in [1.807, 2.05) is 19.1 Å². The van der Waals surface area contributed by atoms with Gasteiger partial charge in [0, 0.05) is 11.7 Å². The van der Waals surface area contributed by atoms with Crippen LogP contribution in [-0.2, 0) is 0 Å². The monoisotopic (exact) mass is 256 g/mol. The van der Waals surface area contributed by atoms with Gasteiger partial charge >= 0.3 is 6.18 Å². The molecule has 1 heterocycles. The Morgan fingerprint density at radius 2 is 2.00 bits per heavy atom. The van der Waals surface area contributed by atoms with Gasteiger partial charge in [0.15, 0.2) is 0 Å². The fraction of sp³-hybridized carbons (Fsp3) is 0.385. The van der Waals surface area contributed by atoms with Crippen LogP contribution in [0.25, 0.3) is 10.9 Å². The Labute approximate surface area is 103 Å². The summed E-state index contributed by atoms with van der Waals surface area (Å²) < 4.78 is 40.3. The van der Waals surface area contributed by atoms with Crippen molar-refractivity contribution in [2.45, 2.75) is 25.6 Å². The number of aryl methyl sites for hydroxylation is 1. The zero-order chi connectivity index (χ0) is 13.3. The molecule has 0 aliphatic carbocycles. The van der Waals surface area contributed by atoms with E-state index >= 15 is 0 Å². The van der Waals surface area contributed by atoms with E-state index in [1.165, 1.54) is 10.8 Å². The van der Waals surface area contributed by atoms with Crippen molar-refractivity contribution in [3.8, 4) is 0 Å². The van der Waals surface area contributed by atoms with Crippen LogP contribution < -0.4 is 5.73 Å². The first kappa shape index (κ1) is 13.0. The van der Waals surface area contributed by atoms with Gasteiger partial charge in [-0.05, 0) is 43.0 Å². The minimum absolute atomic E-state index is 0.00959. The van der Waals surface area contributed by atoms with E-state index in [2.05, 4.69) is 0 Å². The molecular weight excluding hydrogens is 241 g/mol. The molecule has 0 saturated carbocycles. The van der Waals surface area contributed by atoms with Crippen molar-refractivity contribution in [1.82, 2.24) is 4.57 Å². The Morgan fingerprint density at radius 3 is 2.61 bits per heavy atom. The topological polar surface area (TPSA) is 30.9 Å². The molecule has 1 aromatic heterocycles. The predicted molar refractivity (Wildman–Crippen MR) is 65.4 cm³/mol. The average molecular weight is 256 g/mol. The number of aromatic nitrogens is 1. The van der Waals surface area contributed by atoms with Gasteiger partial charge in [0.25, 0.3) is 0 Å². The van der Waals surface area contributed by atoms with Crippen molar-refractivity contribution >= 4 is 10.9 Å². The third kappa shape index (κ3) is 2.36. The second-order valence-electron chi connectivity index (χ2n) is 4.42. The molecular formula is C13H15F3N2. The number of nitrogens with zero attached hydrogens (tertiary/aromatic N) is 1. The maximum Gasteiger partial charge on any atom is 0.409 e. The number of halogens is 3. The van der Waals surface area contributed by atoms with Crippen LogP contribution in [0.2, 0.25) is 0 Å². The van der Waals surface area contributed by atoms with Crippen LogP contribution in [0.5, 0.6) is 0 Å². The zero-order valence-electron chi connectivity index (χ0n) is 10.0. The molecule has 2 N–H and O–H groups in total. The third-order valence-electron chi connectivity index (χ3n) is 3.03. The molecule has 0 spiro atoms. The molecule has 0 saturated heterocycles. The van der Waals surface area contributed by atoms with Crippen molar-refractivity contribution in [1.29, 1.82) is 0 Å². The van der Waals surface area contributed by atoms with Gasteiger partial charge in [-0.2, -0.15) is 13.2 Å². The van der Waals surface area contributed by atoms with Crippen LogP contribution in [-0.4, -0.2) is 17.3 Å². The molecule has 2 rings (SSSR count). The number of fused-ring (bicyclic) bond motifs is 1. The molecule has 98 valence electrons. The summed E-state index contributed by atoms with van der Waals surface area (Å²) in [6, 6.07) is 5.63. The Balaban J connectivity index is 2.54. The lowest BCUT2D eigenvalue weighted by atomic mass is 10.1. The largest absolute Gasteiger partial charge is 0.409 e. The number of hydrogen-bond donors (Lipinski definition) is 1. The first-order valence-corrected chi connectivity index (χ1v) is 5.77.